The topological polar surface area (TPSA) is 71.6 Å². The first-order valence-corrected chi connectivity index (χ1v) is 9.89. The summed E-state index contributed by atoms with van der Waals surface area (Å²) in [7, 11) is -0.827. The molecule has 0 radical (unpaired) electrons. The summed E-state index contributed by atoms with van der Waals surface area (Å²) in [4.78, 5) is 3.31. The zero-order valence-electron chi connectivity index (χ0n) is 15.0. The Morgan fingerprint density at radius 2 is 1.93 bits per heavy atom. The number of methoxy groups -OCH3 is 2. The van der Waals surface area contributed by atoms with Gasteiger partial charge in [-0.05, 0) is 42.3 Å². The highest BCUT2D eigenvalue weighted by molar-refractivity contribution is 7.89. The van der Waals surface area contributed by atoms with Crippen LogP contribution in [0.25, 0.3) is 10.9 Å². The van der Waals surface area contributed by atoms with Gasteiger partial charge in [0.25, 0.3) is 0 Å². The van der Waals surface area contributed by atoms with Gasteiger partial charge in [-0.1, -0.05) is 0 Å². The fraction of sp³-hybridized carbons (Fsp3) is 0.263. The van der Waals surface area contributed by atoms with Crippen molar-refractivity contribution >= 4 is 20.9 Å². The number of ether oxygens (including phenoxy) is 2. The van der Waals surface area contributed by atoms with Gasteiger partial charge in [-0.2, -0.15) is 4.31 Å². The number of sulfonamides is 1. The number of benzene rings is 2. The van der Waals surface area contributed by atoms with E-state index in [4.69, 9.17) is 9.47 Å². The number of aromatic amines is 1. The van der Waals surface area contributed by atoms with E-state index in [0.29, 0.717) is 18.7 Å². The number of fused-ring (bicyclic) bond motifs is 3. The Morgan fingerprint density at radius 3 is 2.67 bits per heavy atom. The van der Waals surface area contributed by atoms with Crippen molar-refractivity contribution in [3.63, 3.8) is 0 Å². The van der Waals surface area contributed by atoms with Gasteiger partial charge in [-0.25, -0.2) is 12.8 Å². The number of hydrogen-bond acceptors (Lipinski definition) is 4. The molecule has 6 nitrogen and oxygen atoms in total. The number of nitrogens with zero attached hydrogens (tertiary/aromatic N) is 1. The molecule has 0 fully saturated rings. The van der Waals surface area contributed by atoms with Crippen molar-refractivity contribution in [3.8, 4) is 11.5 Å². The molecule has 0 amide bonds. The van der Waals surface area contributed by atoms with Crippen molar-refractivity contribution in [3.05, 3.63) is 53.5 Å². The van der Waals surface area contributed by atoms with Crippen LogP contribution in [-0.4, -0.2) is 38.5 Å². The van der Waals surface area contributed by atoms with Gasteiger partial charge in [0.05, 0.1) is 20.8 Å². The Kier molecular flexibility index (Phi) is 4.32. The maximum Gasteiger partial charge on any atom is 0.247 e. The molecule has 8 heteroatoms. The minimum absolute atomic E-state index is 0.0939. The van der Waals surface area contributed by atoms with E-state index in [-0.39, 0.29) is 23.0 Å². The molecule has 27 heavy (non-hydrogen) atoms. The SMILES string of the molecule is COc1ccc(S(=O)(=O)N2CCc3c([nH]c4ccc(F)cc34)C2)c(OC)c1. The molecule has 1 aliphatic rings. The van der Waals surface area contributed by atoms with Crippen molar-refractivity contribution in [2.24, 2.45) is 0 Å². The lowest BCUT2D eigenvalue weighted by molar-refractivity contribution is 0.371. The summed E-state index contributed by atoms with van der Waals surface area (Å²) in [5.74, 6) is 0.450. The molecular formula is C19H19FN2O4S. The van der Waals surface area contributed by atoms with Crippen LogP contribution in [0, 0.1) is 5.82 Å². The molecule has 2 aromatic carbocycles. The molecule has 4 rings (SSSR count). The first-order chi connectivity index (χ1) is 12.9. The lowest BCUT2D eigenvalue weighted by atomic mass is 10.0. The Morgan fingerprint density at radius 1 is 1.11 bits per heavy atom. The molecule has 1 aliphatic heterocycles. The van der Waals surface area contributed by atoms with E-state index in [9.17, 15) is 12.8 Å². The van der Waals surface area contributed by atoms with Gasteiger partial charge in [0.2, 0.25) is 10.0 Å². The van der Waals surface area contributed by atoms with Gasteiger partial charge in [-0.15, -0.1) is 0 Å². The first-order valence-electron chi connectivity index (χ1n) is 8.45. The molecule has 0 bridgehead atoms. The van der Waals surface area contributed by atoms with E-state index in [1.54, 1.807) is 18.2 Å². The molecule has 0 unspecified atom stereocenters. The summed E-state index contributed by atoms with van der Waals surface area (Å²) in [6, 6.07) is 9.18. The predicted molar refractivity (Wildman–Crippen MR) is 99.1 cm³/mol. The number of H-pyrrole nitrogens is 1. The molecule has 0 spiro atoms. The summed E-state index contributed by atoms with van der Waals surface area (Å²) < 4.78 is 51.7. The lowest BCUT2D eigenvalue weighted by Crippen LogP contribution is -2.36. The lowest BCUT2D eigenvalue weighted by Gasteiger charge is -2.27. The van der Waals surface area contributed by atoms with Gasteiger partial charge in [-0.3, -0.25) is 0 Å². The van der Waals surface area contributed by atoms with Crippen LogP contribution in [0.3, 0.4) is 0 Å². The molecule has 0 aliphatic carbocycles. The summed E-state index contributed by atoms with van der Waals surface area (Å²) in [5.41, 5.74) is 2.57. The van der Waals surface area contributed by atoms with E-state index in [1.165, 1.54) is 36.7 Å². The van der Waals surface area contributed by atoms with Crippen molar-refractivity contribution in [2.75, 3.05) is 20.8 Å². The van der Waals surface area contributed by atoms with Crippen molar-refractivity contribution in [1.29, 1.82) is 0 Å². The van der Waals surface area contributed by atoms with Gasteiger partial charge in [0.1, 0.15) is 22.2 Å². The Balaban J connectivity index is 1.72. The third kappa shape index (κ3) is 2.94. The van der Waals surface area contributed by atoms with Crippen LogP contribution >= 0.6 is 0 Å². The van der Waals surface area contributed by atoms with Gasteiger partial charge in [0.15, 0.2) is 0 Å². The highest BCUT2D eigenvalue weighted by atomic mass is 32.2. The maximum absolute atomic E-state index is 13.6. The standard InChI is InChI=1S/C19H19FN2O4S/c1-25-13-4-6-19(18(10-13)26-2)27(23,24)22-8-7-14-15-9-12(20)3-5-16(15)21-17(14)11-22/h3-6,9-10,21H,7-8,11H2,1-2H3. The molecule has 1 N–H and O–H groups in total. The molecule has 0 saturated carbocycles. The van der Waals surface area contributed by atoms with E-state index in [2.05, 4.69) is 4.98 Å². The molecule has 0 saturated heterocycles. The summed E-state index contributed by atoms with van der Waals surface area (Å²) >= 11 is 0. The molecular weight excluding hydrogens is 371 g/mol. The second-order valence-electron chi connectivity index (χ2n) is 6.38. The fourth-order valence-electron chi connectivity index (χ4n) is 3.52. The monoisotopic (exact) mass is 390 g/mol. The van der Waals surface area contributed by atoms with Gasteiger partial charge in [0, 0.05) is 29.2 Å². The van der Waals surface area contributed by atoms with E-state index in [1.807, 2.05) is 0 Å². The van der Waals surface area contributed by atoms with Gasteiger partial charge >= 0.3 is 0 Å². The number of rotatable bonds is 4. The Hall–Kier alpha value is -2.58. The number of nitrogens with one attached hydrogen (secondary N) is 1. The van der Waals surface area contributed by atoms with Crippen LogP contribution in [0.5, 0.6) is 11.5 Å². The third-order valence-electron chi connectivity index (χ3n) is 4.89. The zero-order valence-corrected chi connectivity index (χ0v) is 15.8. The van der Waals surface area contributed by atoms with Crippen LogP contribution in [0.2, 0.25) is 0 Å². The molecule has 0 atom stereocenters. The minimum atomic E-state index is -3.76. The third-order valence-corrected chi connectivity index (χ3v) is 6.78. The van der Waals surface area contributed by atoms with Gasteiger partial charge < -0.3 is 14.5 Å². The smallest absolute Gasteiger partial charge is 0.247 e. The summed E-state index contributed by atoms with van der Waals surface area (Å²) in [6.45, 7) is 0.511. The first kappa shape index (κ1) is 17.8. The van der Waals surface area contributed by atoms with Crippen LogP contribution in [-0.2, 0) is 23.0 Å². The fourth-order valence-corrected chi connectivity index (χ4v) is 5.07. The van der Waals surface area contributed by atoms with Crippen molar-refractivity contribution in [1.82, 2.24) is 9.29 Å². The predicted octanol–water partition coefficient (Wildman–Crippen LogP) is 3.07. The van der Waals surface area contributed by atoms with Crippen LogP contribution in [0.15, 0.2) is 41.3 Å². The minimum Gasteiger partial charge on any atom is -0.497 e. The highest BCUT2D eigenvalue weighted by Gasteiger charge is 2.32. The molecule has 1 aromatic heterocycles. The molecule has 2 heterocycles. The maximum atomic E-state index is 13.6. The average molecular weight is 390 g/mol. The van der Waals surface area contributed by atoms with Crippen LogP contribution in [0.4, 0.5) is 4.39 Å². The van der Waals surface area contributed by atoms with Crippen LogP contribution < -0.4 is 9.47 Å². The second-order valence-corrected chi connectivity index (χ2v) is 8.28. The Bertz CT molecular complexity index is 1120. The quantitative estimate of drug-likeness (QED) is 0.743. The summed E-state index contributed by atoms with van der Waals surface area (Å²) in [6.07, 6.45) is 0.510. The average Bonchev–Trinajstić information content (AvgIpc) is 3.04. The largest absolute Gasteiger partial charge is 0.497 e. The van der Waals surface area contributed by atoms with Crippen LogP contribution in [0.1, 0.15) is 11.3 Å². The number of halogens is 1. The van der Waals surface area contributed by atoms with Crippen molar-refractivity contribution in [2.45, 2.75) is 17.9 Å². The van der Waals surface area contributed by atoms with E-state index < -0.39 is 10.0 Å². The van der Waals surface area contributed by atoms with E-state index >= 15 is 0 Å². The highest BCUT2D eigenvalue weighted by Crippen LogP contribution is 2.34. The summed E-state index contributed by atoms with van der Waals surface area (Å²) in [5, 5.41) is 0.809. The zero-order chi connectivity index (χ0) is 19.2. The molecule has 3 aromatic rings. The normalized spacial score (nSPS) is 14.9. The Labute approximate surface area is 156 Å². The number of aromatic nitrogens is 1. The molecule has 142 valence electrons. The second kappa shape index (κ2) is 6.54. The van der Waals surface area contributed by atoms with E-state index in [0.717, 1.165) is 22.2 Å². The van der Waals surface area contributed by atoms with Crippen molar-refractivity contribution < 1.29 is 22.3 Å². The number of hydrogen-bond donors (Lipinski definition) is 1.